The van der Waals surface area contributed by atoms with E-state index in [0.29, 0.717) is 19.6 Å². The number of aryl methyl sites for hydroxylation is 1. The van der Waals surface area contributed by atoms with Gasteiger partial charge in [0.2, 0.25) is 5.91 Å². The summed E-state index contributed by atoms with van der Waals surface area (Å²) in [6, 6.07) is 24.6. The Morgan fingerprint density at radius 1 is 0.973 bits per heavy atom. The van der Waals surface area contributed by atoms with E-state index in [0.717, 1.165) is 52.2 Å². The summed E-state index contributed by atoms with van der Waals surface area (Å²) in [6.45, 7) is 8.82. The molecule has 0 radical (unpaired) electrons. The van der Waals surface area contributed by atoms with Crippen LogP contribution in [0.1, 0.15) is 57.3 Å². The predicted octanol–water partition coefficient (Wildman–Crippen LogP) is 7.48. The minimum Gasteiger partial charge on any atom is -0.494 e. The molecule has 0 aliphatic carbocycles. The molecular formula is C31H34BrN3O2. The molecule has 0 saturated carbocycles. The number of para-hydroxylation sites is 3. The SMILES string of the molecule is CC(C)(C)c1ccc(OCCCCn2c(C3CC(=O)N(c4ccccc4Br)C3)nc3ccccc32)cc1. The van der Waals surface area contributed by atoms with Crippen LogP contribution in [-0.4, -0.2) is 28.6 Å². The third kappa shape index (κ3) is 5.59. The first-order valence-electron chi connectivity index (χ1n) is 13.0. The molecule has 1 aromatic heterocycles. The van der Waals surface area contributed by atoms with E-state index in [4.69, 9.17) is 9.72 Å². The van der Waals surface area contributed by atoms with Crippen LogP contribution >= 0.6 is 15.9 Å². The van der Waals surface area contributed by atoms with Crippen molar-refractivity contribution in [1.29, 1.82) is 0 Å². The molecule has 1 aliphatic rings. The first-order chi connectivity index (χ1) is 17.8. The van der Waals surface area contributed by atoms with Crippen LogP contribution in [0.25, 0.3) is 11.0 Å². The van der Waals surface area contributed by atoms with Crippen molar-refractivity contribution in [3.63, 3.8) is 0 Å². The van der Waals surface area contributed by atoms with Crippen molar-refractivity contribution in [2.45, 2.75) is 57.9 Å². The van der Waals surface area contributed by atoms with E-state index in [-0.39, 0.29) is 17.2 Å². The molecule has 1 aliphatic heterocycles. The number of carbonyl (C=O) groups excluding carboxylic acids is 1. The number of carbonyl (C=O) groups is 1. The molecule has 192 valence electrons. The topological polar surface area (TPSA) is 47.4 Å². The van der Waals surface area contributed by atoms with Crippen LogP contribution in [0.4, 0.5) is 5.69 Å². The molecule has 3 aromatic carbocycles. The Morgan fingerprint density at radius 3 is 2.46 bits per heavy atom. The van der Waals surface area contributed by atoms with Crippen molar-refractivity contribution < 1.29 is 9.53 Å². The lowest BCUT2D eigenvalue weighted by Crippen LogP contribution is -2.25. The van der Waals surface area contributed by atoms with Crippen LogP contribution in [0.3, 0.4) is 0 Å². The quantitative estimate of drug-likeness (QED) is 0.210. The highest BCUT2D eigenvalue weighted by Gasteiger charge is 2.35. The van der Waals surface area contributed by atoms with E-state index in [2.05, 4.69) is 83.7 Å². The number of hydrogen-bond acceptors (Lipinski definition) is 3. The molecule has 2 heterocycles. The van der Waals surface area contributed by atoms with Crippen LogP contribution in [-0.2, 0) is 16.8 Å². The first-order valence-corrected chi connectivity index (χ1v) is 13.8. The van der Waals surface area contributed by atoms with Gasteiger partial charge < -0.3 is 14.2 Å². The van der Waals surface area contributed by atoms with Gasteiger partial charge in [0.1, 0.15) is 11.6 Å². The number of halogens is 1. The van der Waals surface area contributed by atoms with Gasteiger partial charge in [-0.25, -0.2) is 4.98 Å². The fraction of sp³-hybridized carbons (Fsp3) is 0.355. The lowest BCUT2D eigenvalue weighted by molar-refractivity contribution is -0.117. The third-order valence-electron chi connectivity index (χ3n) is 7.08. The standard InChI is InChI=1S/C31H34BrN3O2/c1-31(2,3)23-14-16-24(17-15-23)37-19-9-8-18-34-28-13-7-5-11-26(28)33-30(34)22-20-29(36)35(21-22)27-12-6-4-10-25(27)32/h4-7,10-17,22H,8-9,18-21H2,1-3H3. The highest BCUT2D eigenvalue weighted by Crippen LogP contribution is 2.36. The maximum atomic E-state index is 13.0. The van der Waals surface area contributed by atoms with Crippen molar-refractivity contribution in [1.82, 2.24) is 9.55 Å². The maximum Gasteiger partial charge on any atom is 0.227 e. The zero-order chi connectivity index (χ0) is 26.0. The number of hydrogen-bond donors (Lipinski definition) is 0. The van der Waals surface area contributed by atoms with E-state index in [1.807, 2.05) is 35.2 Å². The van der Waals surface area contributed by atoms with Gasteiger partial charge in [-0.3, -0.25) is 4.79 Å². The van der Waals surface area contributed by atoms with E-state index in [1.165, 1.54) is 5.56 Å². The van der Waals surface area contributed by atoms with Crippen molar-refractivity contribution in [3.05, 3.63) is 88.7 Å². The summed E-state index contributed by atoms with van der Waals surface area (Å²) in [6.07, 6.45) is 2.39. The highest BCUT2D eigenvalue weighted by molar-refractivity contribution is 9.10. The molecule has 0 spiro atoms. The number of anilines is 1. The molecule has 1 amide bonds. The Balaban J connectivity index is 1.25. The number of ether oxygens (including phenoxy) is 1. The summed E-state index contributed by atoms with van der Waals surface area (Å²) < 4.78 is 9.27. The average molecular weight is 561 g/mol. The van der Waals surface area contributed by atoms with Crippen molar-refractivity contribution in [2.75, 3.05) is 18.1 Å². The second-order valence-corrected chi connectivity index (χ2v) is 11.7. The van der Waals surface area contributed by atoms with Gasteiger partial charge in [0.15, 0.2) is 0 Å². The molecular weight excluding hydrogens is 526 g/mol. The van der Waals surface area contributed by atoms with Gasteiger partial charge in [0.05, 0.1) is 23.3 Å². The molecule has 0 N–H and O–H groups in total. The van der Waals surface area contributed by atoms with Gasteiger partial charge in [-0.1, -0.05) is 57.2 Å². The molecule has 0 bridgehead atoms. The largest absolute Gasteiger partial charge is 0.494 e. The zero-order valence-electron chi connectivity index (χ0n) is 21.8. The molecule has 5 nitrogen and oxygen atoms in total. The number of unbranched alkanes of at least 4 members (excludes halogenated alkanes) is 1. The van der Waals surface area contributed by atoms with Crippen LogP contribution in [0, 0.1) is 0 Å². The number of amides is 1. The normalized spacial score (nSPS) is 16.1. The summed E-state index contributed by atoms with van der Waals surface area (Å²) in [5.74, 6) is 2.12. The Hall–Kier alpha value is -3.12. The second-order valence-electron chi connectivity index (χ2n) is 10.8. The van der Waals surface area contributed by atoms with Gasteiger partial charge in [-0.15, -0.1) is 0 Å². The summed E-state index contributed by atoms with van der Waals surface area (Å²) >= 11 is 3.60. The number of imidazole rings is 1. The van der Waals surface area contributed by atoms with Crippen molar-refractivity contribution >= 4 is 38.6 Å². The molecule has 37 heavy (non-hydrogen) atoms. The second kappa shape index (κ2) is 10.7. The Morgan fingerprint density at radius 2 is 1.70 bits per heavy atom. The third-order valence-corrected chi connectivity index (χ3v) is 7.75. The number of fused-ring (bicyclic) bond motifs is 1. The van der Waals surface area contributed by atoms with Gasteiger partial charge in [0.25, 0.3) is 0 Å². The van der Waals surface area contributed by atoms with Crippen LogP contribution in [0.15, 0.2) is 77.3 Å². The number of benzene rings is 3. The number of rotatable bonds is 8. The Bertz CT molecular complexity index is 1390. The average Bonchev–Trinajstić information content (AvgIpc) is 3.44. The monoisotopic (exact) mass is 559 g/mol. The minimum atomic E-state index is 0.0598. The highest BCUT2D eigenvalue weighted by atomic mass is 79.9. The van der Waals surface area contributed by atoms with Crippen LogP contribution in [0.5, 0.6) is 5.75 Å². The predicted molar refractivity (Wildman–Crippen MR) is 153 cm³/mol. The molecule has 5 rings (SSSR count). The molecule has 1 saturated heterocycles. The first kappa shape index (κ1) is 25.5. The summed E-state index contributed by atoms with van der Waals surface area (Å²) in [7, 11) is 0. The van der Waals surface area contributed by atoms with E-state index >= 15 is 0 Å². The Labute approximate surface area is 227 Å². The van der Waals surface area contributed by atoms with Crippen LogP contribution in [0.2, 0.25) is 0 Å². The molecule has 4 aromatic rings. The van der Waals surface area contributed by atoms with Crippen molar-refractivity contribution in [3.8, 4) is 5.75 Å². The van der Waals surface area contributed by atoms with E-state index in [1.54, 1.807) is 0 Å². The smallest absolute Gasteiger partial charge is 0.227 e. The lowest BCUT2D eigenvalue weighted by atomic mass is 9.87. The fourth-order valence-electron chi connectivity index (χ4n) is 5.04. The fourth-order valence-corrected chi connectivity index (χ4v) is 5.54. The number of nitrogens with zero attached hydrogens (tertiary/aromatic N) is 3. The van der Waals surface area contributed by atoms with Crippen LogP contribution < -0.4 is 9.64 Å². The molecule has 6 heteroatoms. The van der Waals surface area contributed by atoms with Gasteiger partial charge >= 0.3 is 0 Å². The molecule has 1 atom stereocenters. The van der Waals surface area contributed by atoms with Gasteiger partial charge in [-0.2, -0.15) is 0 Å². The van der Waals surface area contributed by atoms with Gasteiger partial charge in [0, 0.05) is 29.9 Å². The van der Waals surface area contributed by atoms with Crippen molar-refractivity contribution in [2.24, 2.45) is 0 Å². The maximum absolute atomic E-state index is 13.0. The summed E-state index contributed by atoms with van der Waals surface area (Å²) in [5, 5.41) is 0. The lowest BCUT2D eigenvalue weighted by Gasteiger charge is -2.19. The summed E-state index contributed by atoms with van der Waals surface area (Å²) in [5.41, 5.74) is 4.48. The van der Waals surface area contributed by atoms with E-state index in [9.17, 15) is 4.79 Å². The molecule has 1 unspecified atom stereocenters. The minimum absolute atomic E-state index is 0.0598. The Kier molecular flexibility index (Phi) is 7.38. The van der Waals surface area contributed by atoms with Gasteiger partial charge in [-0.05, 0) is 76.1 Å². The summed E-state index contributed by atoms with van der Waals surface area (Å²) in [4.78, 5) is 19.9. The zero-order valence-corrected chi connectivity index (χ0v) is 23.4. The van der Waals surface area contributed by atoms with E-state index < -0.39 is 0 Å². The number of aromatic nitrogens is 2. The molecule has 1 fully saturated rings.